The molecule has 0 radical (unpaired) electrons. The highest BCUT2D eigenvalue weighted by atomic mass is 15.3. The molecule has 0 saturated heterocycles. The summed E-state index contributed by atoms with van der Waals surface area (Å²) in [5.74, 6) is 0. The first-order valence-corrected chi connectivity index (χ1v) is 5.19. The van der Waals surface area contributed by atoms with E-state index in [1.54, 1.807) is 0 Å². The first-order valence-electron chi connectivity index (χ1n) is 5.19. The minimum absolute atomic E-state index is 0.211. The standard InChI is InChI=1S/C11H21N3/c1-6-11(3,4)12-7-10-8-13-14(5)9(10)2/h8,12H,6-7H2,1-5H3. The maximum atomic E-state index is 4.22. The molecule has 0 aliphatic heterocycles. The molecule has 1 heterocycles. The summed E-state index contributed by atoms with van der Waals surface area (Å²) in [5.41, 5.74) is 2.74. The molecule has 0 atom stereocenters. The Labute approximate surface area is 86.5 Å². The van der Waals surface area contributed by atoms with Crippen molar-refractivity contribution in [1.82, 2.24) is 15.1 Å². The smallest absolute Gasteiger partial charge is 0.0537 e. The average molecular weight is 195 g/mol. The van der Waals surface area contributed by atoms with Crippen LogP contribution in [0.2, 0.25) is 0 Å². The molecule has 1 aromatic rings. The number of hydrogen-bond donors (Lipinski definition) is 1. The summed E-state index contributed by atoms with van der Waals surface area (Å²) >= 11 is 0. The highest BCUT2D eigenvalue weighted by molar-refractivity contribution is 5.15. The third kappa shape index (κ3) is 2.58. The van der Waals surface area contributed by atoms with Crippen LogP contribution in [0, 0.1) is 6.92 Å². The highest BCUT2D eigenvalue weighted by Gasteiger charge is 2.14. The van der Waals surface area contributed by atoms with Gasteiger partial charge < -0.3 is 5.32 Å². The summed E-state index contributed by atoms with van der Waals surface area (Å²) in [6.45, 7) is 9.64. The molecule has 0 saturated carbocycles. The van der Waals surface area contributed by atoms with Gasteiger partial charge in [0.25, 0.3) is 0 Å². The van der Waals surface area contributed by atoms with Crippen LogP contribution in [0.3, 0.4) is 0 Å². The fourth-order valence-corrected chi connectivity index (χ4v) is 1.18. The van der Waals surface area contributed by atoms with Crippen LogP contribution >= 0.6 is 0 Å². The van der Waals surface area contributed by atoms with Crippen molar-refractivity contribution in [2.75, 3.05) is 0 Å². The molecule has 0 fully saturated rings. The van der Waals surface area contributed by atoms with Gasteiger partial charge in [-0.15, -0.1) is 0 Å². The largest absolute Gasteiger partial charge is 0.308 e. The lowest BCUT2D eigenvalue weighted by Gasteiger charge is -2.24. The third-order valence-electron chi connectivity index (χ3n) is 2.98. The molecule has 0 unspecified atom stereocenters. The lowest BCUT2D eigenvalue weighted by molar-refractivity contribution is 0.374. The minimum Gasteiger partial charge on any atom is -0.308 e. The molecule has 80 valence electrons. The topological polar surface area (TPSA) is 29.9 Å². The molecule has 3 heteroatoms. The normalized spacial score (nSPS) is 12.1. The zero-order valence-electron chi connectivity index (χ0n) is 9.89. The Balaban J connectivity index is 2.58. The van der Waals surface area contributed by atoms with E-state index in [4.69, 9.17) is 0 Å². The zero-order chi connectivity index (χ0) is 10.8. The van der Waals surface area contributed by atoms with Gasteiger partial charge in [-0.25, -0.2) is 0 Å². The summed E-state index contributed by atoms with van der Waals surface area (Å²) in [6.07, 6.45) is 3.07. The van der Waals surface area contributed by atoms with Crippen LogP contribution in [-0.2, 0) is 13.6 Å². The lowest BCUT2D eigenvalue weighted by Crippen LogP contribution is -2.37. The van der Waals surface area contributed by atoms with Crippen molar-refractivity contribution >= 4 is 0 Å². The molecule has 1 aromatic heterocycles. The van der Waals surface area contributed by atoms with Crippen LogP contribution in [0.15, 0.2) is 6.20 Å². The number of nitrogens with one attached hydrogen (secondary N) is 1. The first kappa shape index (κ1) is 11.2. The third-order valence-corrected chi connectivity index (χ3v) is 2.98. The van der Waals surface area contributed by atoms with Gasteiger partial charge >= 0.3 is 0 Å². The Bertz CT molecular complexity index is 299. The van der Waals surface area contributed by atoms with E-state index in [0.29, 0.717) is 0 Å². The Morgan fingerprint density at radius 3 is 2.57 bits per heavy atom. The van der Waals surface area contributed by atoms with Crippen LogP contribution in [0.5, 0.6) is 0 Å². The zero-order valence-corrected chi connectivity index (χ0v) is 9.89. The first-order chi connectivity index (χ1) is 6.46. The Kier molecular flexibility index (Phi) is 3.32. The molecule has 14 heavy (non-hydrogen) atoms. The lowest BCUT2D eigenvalue weighted by atomic mass is 10.0. The van der Waals surface area contributed by atoms with E-state index in [1.165, 1.54) is 11.3 Å². The van der Waals surface area contributed by atoms with Crippen molar-refractivity contribution in [1.29, 1.82) is 0 Å². The van der Waals surface area contributed by atoms with Gasteiger partial charge in [0, 0.05) is 30.4 Å². The summed E-state index contributed by atoms with van der Waals surface area (Å²) in [5, 5.41) is 7.75. The monoisotopic (exact) mass is 195 g/mol. The van der Waals surface area contributed by atoms with Gasteiger partial charge in [0.15, 0.2) is 0 Å². The Morgan fingerprint density at radius 2 is 2.14 bits per heavy atom. The van der Waals surface area contributed by atoms with E-state index < -0.39 is 0 Å². The van der Waals surface area contributed by atoms with Crippen LogP contribution in [0.25, 0.3) is 0 Å². The van der Waals surface area contributed by atoms with Gasteiger partial charge in [-0.05, 0) is 27.2 Å². The van der Waals surface area contributed by atoms with Crippen LogP contribution in [0.4, 0.5) is 0 Å². The molecule has 3 nitrogen and oxygen atoms in total. The van der Waals surface area contributed by atoms with Crippen molar-refractivity contribution in [3.05, 3.63) is 17.5 Å². The highest BCUT2D eigenvalue weighted by Crippen LogP contribution is 2.11. The number of rotatable bonds is 4. The molecular weight excluding hydrogens is 174 g/mol. The maximum Gasteiger partial charge on any atom is 0.0537 e. The Hall–Kier alpha value is -0.830. The molecular formula is C11H21N3. The van der Waals surface area contributed by atoms with Crippen molar-refractivity contribution in [3.8, 4) is 0 Å². The van der Waals surface area contributed by atoms with Gasteiger partial charge in [-0.2, -0.15) is 5.10 Å². The van der Waals surface area contributed by atoms with E-state index >= 15 is 0 Å². The molecule has 1 N–H and O–H groups in total. The Morgan fingerprint density at radius 1 is 1.50 bits per heavy atom. The second kappa shape index (κ2) is 4.13. The maximum absolute atomic E-state index is 4.22. The second-order valence-corrected chi connectivity index (χ2v) is 4.47. The van der Waals surface area contributed by atoms with Crippen molar-refractivity contribution in [2.45, 2.75) is 46.2 Å². The van der Waals surface area contributed by atoms with Crippen LogP contribution in [-0.4, -0.2) is 15.3 Å². The SMILES string of the molecule is CCC(C)(C)NCc1cnn(C)c1C. The van der Waals surface area contributed by atoms with Crippen molar-refractivity contribution in [2.24, 2.45) is 7.05 Å². The number of nitrogens with zero attached hydrogens (tertiary/aromatic N) is 2. The summed E-state index contributed by atoms with van der Waals surface area (Å²) in [6, 6.07) is 0. The number of aromatic nitrogens is 2. The minimum atomic E-state index is 0.211. The van der Waals surface area contributed by atoms with Crippen LogP contribution in [0.1, 0.15) is 38.4 Å². The second-order valence-electron chi connectivity index (χ2n) is 4.47. The molecule has 1 rings (SSSR count). The molecule has 0 aliphatic carbocycles. The molecule has 0 spiro atoms. The van der Waals surface area contributed by atoms with Crippen molar-refractivity contribution in [3.63, 3.8) is 0 Å². The van der Waals surface area contributed by atoms with E-state index in [0.717, 1.165) is 13.0 Å². The number of hydrogen-bond acceptors (Lipinski definition) is 2. The summed E-state index contributed by atoms with van der Waals surface area (Å²) in [7, 11) is 1.98. The predicted octanol–water partition coefficient (Wildman–Crippen LogP) is 2.01. The summed E-state index contributed by atoms with van der Waals surface area (Å²) < 4.78 is 1.91. The predicted molar refractivity (Wildman–Crippen MR) is 59.2 cm³/mol. The molecule has 0 aromatic carbocycles. The van der Waals surface area contributed by atoms with Crippen LogP contribution < -0.4 is 5.32 Å². The quantitative estimate of drug-likeness (QED) is 0.796. The fourth-order valence-electron chi connectivity index (χ4n) is 1.18. The summed E-state index contributed by atoms with van der Waals surface area (Å²) in [4.78, 5) is 0. The van der Waals surface area contributed by atoms with E-state index in [2.05, 4.69) is 38.1 Å². The van der Waals surface area contributed by atoms with Gasteiger partial charge in [-0.3, -0.25) is 4.68 Å². The van der Waals surface area contributed by atoms with Gasteiger partial charge in [0.1, 0.15) is 0 Å². The van der Waals surface area contributed by atoms with E-state index in [1.807, 2.05) is 17.9 Å². The fraction of sp³-hybridized carbons (Fsp3) is 0.727. The van der Waals surface area contributed by atoms with Crippen molar-refractivity contribution < 1.29 is 0 Å². The molecule has 0 aliphatic rings. The van der Waals surface area contributed by atoms with E-state index in [-0.39, 0.29) is 5.54 Å². The van der Waals surface area contributed by atoms with E-state index in [9.17, 15) is 0 Å². The van der Waals surface area contributed by atoms with Gasteiger partial charge in [0.05, 0.1) is 6.20 Å². The number of aryl methyl sites for hydroxylation is 1. The average Bonchev–Trinajstić information content (AvgIpc) is 2.45. The molecule has 0 bridgehead atoms. The molecule has 0 amide bonds. The van der Waals surface area contributed by atoms with Gasteiger partial charge in [0.2, 0.25) is 0 Å². The van der Waals surface area contributed by atoms with Gasteiger partial charge in [-0.1, -0.05) is 6.92 Å².